The smallest absolute Gasteiger partial charge is 0.254 e. The summed E-state index contributed by atoms with van der Waals surface area (Å²) in [5.41, 5.74) is 1.49. The molecule has 0 saturated carbocycles. The zero-order chi connectivity index (χ0) is 15.5. The van der Waals surface area contributed by atoms with Crippen LogP contribution in [-0.4, -0.2) is 46.4 Å². The molecular formula is C16H21ClN4O. The number of aromatic nitrogens is 2. The van der Waals surface area contributed by atoms with Crippen LogP contribution < -0.4 is 5.32 Å². The fourth-order valence-electron chi connectivity index (χ4n) is 2.80. The van der Waals surface area contributed by atoms with Crippen molar-refractivity contribution in [3.63, 3.8) is 0 Å². The molecule has 1 aliphatic heterocycles. The van der Waals surface area contributed by atoms with Crippen LogP contribution in [0.15, 0.2) is 18.3 Å². The molecule has 0 radical (unpaired) electrons. The molecule has 118 valence electrons. The van der Waals surface area contributed by atoms with Gasteiger partial charge in [0.2, 0.25) is 0 Å². The number of unbranched alkanes of at least 4 members (excludes halogenated alkanes) is 1. The van der Waals surface area contributed by atoms with Gasteiger partial charge in [-0.15, -0.1) is 0 Å². The van der Waals surface area contributed by atoms with Gasteiger partial charge in [0.1, 0.15) is 5.82 Å². The highest BCUT2D eigenvalue weighted by Gasteiger charge is 2.19. The van der Waals surface area contributed by atoms with Crippen molar-refractivity contribution in [1.29, 1.82) is 0 Å². The first kappa shape index (κ1) is 15.3. The number of carbonyl (C=O) groups excluding carboxylic acids is 1. The van der Waals surface area contributed by atoms with Gasteiger partial charge in [0.05, 0.1) is 5.52 Å². The maximum atomic E-state index is 12.6. The number of nitrogens with zero attached hydrogens (tertiary/aromatic N) is 3. The van der Waals surface area contributed by atoms with Gasteiger partial charge in [-0.1, -0.05) is 24.9 Å². The number of carbonyl (C=O) groups is 1. The quantitative estimate of drug-likeness (QED) is 0.941. The van der Waals surface area contributed by atoms with E-state index < -0.39 is 0 Å². The molecule has 1 saturated heterocycles. The van der Waals surface area contributed by atoms with Gasteiger partial charge in [-0.05, 0) is 18.6 Å². The van der Waals surface area contributed by atoms with Gasteiger partial charge in [0.15, 0.2) is 5.15 Å². The lowest BCUT2D eigenvalue weighted by Gasteiger charge is -2.27. The lowest BCUT2D eigenvalue weighted by atomic mass is 10.2. The summed E-state index contributed by atoms with van der Waals surface area (Å²) in [4.78, 5) is 18.9. The molecule has 1 amide bonds. The summed E-state index contributed by atoms with van der Waals surface area (Å²) in [6, 6.07) is 3.72. The molecule has 0 aliphatic carbocycles. The molecule has 3 heterocycles. The van der Waals surface area contributed by atoms with Gasteiger partial charge in [-0.3, -0.25) is 4.79 Å². The number of amides is 1. The van der Waals surface area contributed by atoms with E-state index in [1.54, 1.807) is 0 Å². The Kier molecular flexibility index (Phi) is 4.64. The Morgan fingerprint density at radius 3 is 2.91 bits per heavy atom. The second kappa shape index (κ2) is 6.67. The van der Waals surface area contributed by atoms with Crippen LogP contribution in [0.25, 0.3) is 5.52 Å². The Bertz CT molecular complexity index is 676. The molecule has 0 aromatic carbocycles. The highest BCUT2D eigenvalue weighted by Crippen LogP contribution is 2.21. The molecule has 0 spiro atoms. The van der Waals surface area contributed by atoms with E-state index in [0.717, 1.165) is 56.8 Å². The number of halogens is 1. The normalized spacial score (nSPS) is 15.5. The minimum absolute atomic E-state index is 0.0661. The monoisotopic (exact) mass is 320 g/mol. The Labute approximate surface area is 135 Å². The van der Waals surface area contributed by atoms with Crippen molar-refractivity contribution < 1.29 is 4.79 Å². The van der Waals surface area contributed by atoms with Crippen molar-refractivity contribution in [3.05, 3.63) is 34.9 Å². The largest absolute Gasteiger partial charge is 0.336 e. The molecule has 0 bridgehead atoms. The van der Waals surface area contributed by atoms with Crippen LogP contribution in [0.4, 0.5) is 0 Å². The molecule has 1 fully saturated rings. The molecule has 1 aliphatic rings. The van der Waals surface area contributed by atoms with Crippen LogP contribution in [0, 0.1) is 0 Å². The molecule has 0 atom stereocenters. The third-order valence-corrected chi connectivity index (χ3v) is 4.35. The minimum Gasteiger partial charge on any atom is -0.336 e. The molecule has 6 heteroatoms. The van der Waals surface area contributed by atoms with Gasteiger partial charge in [0.25, 0.3) is 5.91 Å². The number of hydrogen-bond acceptors (Lipinski definition) is 3. The van der Waals surface area contributed by atoms with Crippen molar-refractivity contribution >= 4 is 23.0 Å². The number of nitrogens with one attached hydrogen (secondary N) is 1. The maximum absolute atomic E-state index is 12.6. The lowest BCUT2D eigenvalue weighted by molar-refractivity contribution is 0.0736. The van der Waals surface area contributed by atoms with Crippen molar-refractivity contribution in [3.8, 4) is 0 Å². The summed E-state index contributed by atoms with van der Waals surface area (Å²) in [6.07, 6.45) is 5.01. The molecule has 5 nitrogen and oxygen atoms in total. The van der Waals surface area contributed by atoms with Crippen LogP contribution in [0.5, 0.6) is 0 Å². The van der Waals surface area contributed by atoms with Gasteiger partial charge < -0.3 is 14.6 Å². The second-order valence-electron chi connectivity index (χ2n) is 5.64. The van der Waals surface area contributed by atoms with Crippen molar-refractivity contribution in [2.75, 3.05) is 26.2 Å². The average molecular weight is 321 g/mol. The number of fused-ring (bicyclic) bond motifs is 1. The number of rotatable bonds is 4. The van der Waals surface area contributed by atoms with Crippen LogP contribution in [0.3, 0.4) is 0 Å². The number of hydrogen-bond donors (Lipinski definition) is 1. The molecular weight excluding hydrogens is 300 g/mol. The molecule has 3 rings (SSSR count). The van der Waals surface area contributed by atoms with Crippen molar-refractivity contribution in [2.45, 2.75) is 26.2 Å². The van der Waals surface area contributed by atoms with E-state index in [4.69, 9.17) is 11.6 Å². The molecule has 22 heavy (non-hydrogen) atoms. The summed E-state index contributed by atoms with van der Waals surface area (Å²) < 4.78 is 1.99. The summed E-state index contributed by atoms with van der Waals surface area (Å²) >= 11 is 6.25. The van der Waals surface area contributed by atoms with Gasteiger partial charge in [-0.2, -0.15) is 0 Å². The van der Waals surface area contributed by atoms with E-state index in [2.05, 4.69) is 17.2 Å². The maximum Gasteiger partial charge on any atom is 0.254 e. The fraction of sp³-hybridized carbons (Fsp3) is 0.500. The zero-order valence-corrected chi connectivity index (χ0v) is 13.6. The average Bonchev–Trinajstić information content (AvgIpc) is 2.88. The molecule has 0 unspecified atom stereocenters. The molecule has 2 aromatic heterocycles. The number of aryl methyl sites for hydroxylation is 1. The highest BCUT2D eigenvalue weighted by molar-refractivity contribution is 6.32. The lowest BCUT2D eigenvalue weighted by Crippen LogP contribution is -2.46. The topological polar surface area (TPSA) is 49.6 Å². The number of piperazine rings is 1. The predicted octanol–water partition coefficient (Wildman–Crippen LogP) is 2.38. The SMILES string of the molecule is CCCCc1nc(Cl)c2cc(C(=O)N3CCNCC3)ccn12. The fourth-order valence-corrected chi connectivity index (χ4v) is 3.05. The summed E-state index contributed by atoms with van der Waals surface area (Å²) in [7, 11) is 0. The van der Waals surface area contributed by atoms with Crippen LogP contribution in [-0.2, 0) is 6.42 Å². The Morgan fingerprint density at radius 1 is 1.41 bits per heavy atom. The predicted molar refractivity (Wildman–Crippen MR) is 87.6 cm³/mol. The molecule has 2 aromatic rings. The Hall–Kier alpha value is -1.59. The van der Waals surface area contributed by atoms with Gasteiger partial charge >= 0.3 is 0 Å². The second-order valence-corrected chi connectivity index (χ2v) is 5.99. The summed E-state index contributed by atoms with van der Waals surface area (Å²) in [6.45, 7) is 5.35. The van der Waals surface area contributed by atoms with E-state index in [0.29, 0.717) is 10.7 Å². The summed E-state index contributed by atoms with van der Waals surface area (Å²) in [5, 5.41) is 3.73. The van der Waals surface area contributed by atoms with Crippen LogP contribution >= 0.6 is 11.6 Å². The van der Waals surface area contributed by atoms with E-state index in [1.807, 2.05) is 27.6 Å². The first-order valence-corrected chi connectivity index (χ1v) is 8.25. The number of imidazole rings is 1. The van der Waals surface area contributed by atoms with Crippen LogP contribution in [0.2, 0.25) is 5.15 Å². The van der Waals surface area contributed by atoms with E-state index in [9.17, 15) is 4.79 Å². The van der Waals surface area contributed by atoms with Crippen molar-refractivity contribution in [2.24, 2.45) is 0 Å². The number of pyridine rings is 1. The third kappa shape index (κ3) is 2.96. The zero-order valence-electron chi connectivity index (χ0n) is 12.8. The van der Waals surface area contributed by atoms with Crippen LogP contribution in [0.1, 0.15) is 35.9 Å². The van der Waals surface area contributed by atoms with E-state index in [1.165, 1.54) is 0 Å². The summed E-state index contributed by atoms with van der Waals surface area (Å²) in [5.74, 6) is 1.03. The standard InChI is InChI=1S/C16H21ClN4O/c1-2-3-4-14-19-15(17)13-11-12(5-8-21(13)14)16(22)20-9-6-18-7-10-20/h5,8,11,18H,2-4,6-7,9-10H2,1H3. The minimum atomic E-state index is 0.0661. The first-order valence-electron chi connectivity index (χ1n) is 7.87. The van der Waals surface area contributed by atoms with E-state index >= 15 is 0 Å². The highest BCUT2D eigenvalue weighted by atomic mass is 35.5. The third-order valence-electron chi connectivity index (χ3n) is 4.08. The van der Waals surface area contributed by atoms with E-state index in [-0.39, 0.29) is 5.91 Å². The van der Waals surface area contributed by atoms with Gasteiger partial charge in [-0.25, -0.2) is 4.98 Å². The van der Waals surface area contributed by atoms with Crippen molar-refractivity contribution in [1.82, 2.24) is 19.6 Å². The first-order chi connectivity index (χ1) is 10.7. The molecule has 1 N–H and O–H groups in total. The van der Waals surface area contributed by atoms with Gasteiger partial charge in [0, 0.05) is 44.4 Å². The Morgan fingerprint density at radius 2 is 2.18 bits per heavy atom. The Balaban J connectivity index is 1.89.